The molecule has 0 saturated carbocycles. The maximum atomic E-state index is 12.8. The van der Waals surface area contributed by atoms with E-state index < -0.39 is 0 Å². The molecule has 0 bridgehead atoms. The van der Waals surface area contributed by atoms with E-state index in [9.17, 15) is 4.79 Å². The molecular formula is C21H19N3O. The Bertz CT molecular complexity index is 1090. The quantitative estimate of drug-likeness (QED) is 0.500. The fraction of sp³-hybridized carbons (Fsp3) is 0.190. The van der Waals surface area contributed by atoms with Crippen LogP contribution < -0.4 is 5.32 Å². The first-order chi connectivity index (χ1) is 12.3. The van der Waals surface area contributed by atoms with Gasteiger partial charge in [0.05, 0.1) is 6.04 Å². The molecule has 0 fully saturated rings. The van der Waals surface area contributed by atoms with Crippen LogP contribution in [0.4, 0.5) is 0 Å². The van der Waals surface area contributed by atoms with E-state index in [1.807, 2.05) is 36.5 Å². The Kier molecular flexibility index (Phi) is 3.17. The zero-order valence-corrected chi connectivity index (χ0v) is 13.8. The van der Waals surface area contributed by atoms with Gasteiger partial charge in [-0.2, -0.15) is 0 Å². The molecule has 1 aliphatic carbocycles. The highest BCUT2D eigenvalue weighted by atomic mass is 16.1. The van der Waals surface area contributed by atoms with Gasteiger partial charge in [-0.15, -0.1) is 0 Å². The fourth-order valence-corrected chi connectivity index (χ4v) is 4.00. The summed E-state index contributed by atoms with van der Waals surface area (Å²) in [6.45, 7) is 0. The predicted octanol–water partition coefficient (Wildman–Crippen LogP) is 4.46. The van der Waals surface area contributed by atoms with Crippen molar-refractivity contribution in [3.05, 3.63) is 71.5 Å². The Morgan fingerprint density at radius 3 is 2.96 bits per heavy atom. The summed E-state index contributed by atoms with van der Waals surface area (Å²) in [6.07, 6.45) is 5.03. The lowest BCUT2D eigenvalue weighted by atomic mass is 9.91. The first-order valence-corrected chi connectivity index (χ1v) is 8.77. The van der Waals surface area contributed by atoms with Crippen LogP contribution in [0.3, 0.4) is 0 Å². The summed E-state index contributed by atoms with van der Waals surface area (Å²) in [6, 6.07) is 16.2. The molecule has 2 heterocycles. The molecule has 1 aliphatic rings. The van der Waals surface area contributed by atoms with Crippen molar-refractivity contribution in [2.75, 3.05) is 0 Å². The second-order valence-electron chi connectivity index (χ2n) is 6.76. The number of carbonyl (C=O) groups is 1. The van der Waals surface area contributed by atoms with Gasteiger partial charge in [-0.25, -0.2) is 0 Å². The number of benzene rings is 2. The predicted molar refractivity (Wildman–Crippen MR) is 99.7 cm³/mol. The molecule has 0 radical (unpaired) electrons. The standard InChI is InChI=1S/C21H19N3O/c25-21(14-8-9-17-13(12-14)10-11-22-17)24-19-7-3-5-16-15-4-1-2-6-18(15)23-20(16)19/h1-2,4,6,8-12,19,22-23H,3,5,7H2,(H,24,25)/t19-/m0/s1. The van der Waals surface area contributed by atoms with Crippen molar-refractivity contribution in [3.63, 3.8) is 0 Å². The third-order valence-electron chi connectivity index (χ3n) is 5.24. The number of H-pyrrole nitrogens is 2. The average Bonchev–Trinajstić information content (AvgIpc) is 3.26. The zero-order chi connectivity index (χ0) is 16.8. The summed E-state index contributed by atoms with van der Waals surface area (Å²) in [7, 11) is 0. The van der Waals surface area contributed by atoms with Crippen LogP contribution in [0.25, 0.3) is 21.8 Å². The van der Waals surface area contributed by atoms with Gasteiger partial charge in [0.2, 0.25) is 0 Å². The number of aromatic amines is 2. The summed E-state index contributed by atoms with van der Waals surface area (Å²) >= 11 is 0. The van der Waals surface area contributed by atoms with Crippen molar-refractivity contribution >= 4 is 27.7 Å². The van der Waals surface area contributed by atoms with Crippen molar-refractivity contribution < 1.29 is 4.79 Å². The van der Waals surface area contributed by atoms with Crippen LogP contribution in [0, 0.1) is 0 Å². The summed E-state index contributed by atoms with van der Waals surface area (Å²) in [5.41, 5.74) is 5.43. The number of hydrogen-bond donors (Lipinski definition) is 3. The van der Waals surface area contributed by atoms with Gasteiger partial charge in [0.25, 0.3) is 5.91 Å². The largest absolute Gasteiger partial charge is 0.361 e. The summed E-state index contributed by atoms with van der Waals surface area (Å²) in [5.74, 6) is -0.0143. The van der Waals surface area contributed by atoms with Gasteiger partial charge < -0.3 is 15.3 Å². The third-order valence-corrected chi connectivity index (χ3v) is 5.24. The lowest BCUT2D eigenvalue weighted by molar-refractivity contribution is 0.0932. The van der Waals surface area contributed by atoms with Gasteiger partial charge in [-0.3, -0.25) is 4.79 Å². The summed E-state index contributed by atoms with van der Waals surface area (Å²) in [4.78, 5) is 19.5. The molecule has 124 valence electrons. The molecule has 0 aliphatic heterocycles. The van der Waals surface area contributed by atoms with Crippen molar-refractivity contribution in [2.24, 2.45) is 0 Å². The molecule has 5 rings (SSSR count). The summed E-state index contributed by atoms with van der Waals surface area (Å²) < 4.78 is 0. The first kappa shape index (κ1) is 14.3. The Balaban J connectivity index is 1.47. The molecule has 4 heteroatoms. The Morgan fingerprint density at radius 1 is 1.08 bits per heavy atom. The minimum absolute atomic E-state index is 0.0143. The topological polar surface area (TPSA) is 60.7 Å². The van der Waals surface area contributed by atoms with Crippen molar-refractivity contribution in [2.45, 2.75) is 25.3 Å². The van der Waals surface area contributed by atoms with E-state index in [2.05, 4.69) is 33.5 Å². The number of hydrogen-bond acceptors (Lipinski definition) is 1. The molecule has 0 saturated heterocycles. The van der Waals surface area contributed by atoms with Gasteiger partial charge >= 0.3 is 0 Å². The minimum Gasteiger partial charge on any atom is -0.361 e. The number of rotatable bonds is 2. The zero-order valence-electron chi connectivity index (χ0n) is 13.8. The molecule has 4 nitrogen and oxygen atoms in total. The highest BCUT2D eigenvalue weighted by Gasteiger charge is 2.25. The van der Waals surface area contributed by atoms with Crippen molar-refractivity contribution in [1.82, 2.24) is 15.3 Å². The van der Waals surface area contributed by atoms with Crippen LogP contribution in [-0.2, 0) is 6.42 Å². The van der Waals surface area contributed by atoms with Gasteiger partial charge in [0.1, 0.15) is 0 Å². The molecule has 2 aromatic heterocycles. The Labute approximate surface area is 145 Å². The average molecular weight is 329 g/mol. The molecular weight excluding hydrogens is 310 g/mol. The highest BCUT2D eigenvalue weighted by Crippen LogP contribution is 2.34. The normalized spacial score (nSPS) is 16.9. The Hall–Kier alpha value is -3.01. The number of aryl methyl sites for hydroxylation is 1. The molecule has 0 unspecified atom stereocenters. The lowest BCUT2D eigenvalue weighted by Crippen LogP contribution is -2.31. The monoisotopic (exact) mass is 329 g/mol. The smallest absolute Gasteiger partial charge is 0.251 e. The number of carbonyl (C=O) groups excluding carboxylic acids is 1. The van der Waals surface area contributed by atoms with Gasteiger partial charge in [0.15, 0.2) is 0 Å². The van der Waals surface area contributed by atoms with Crippen LogP contribution in [0.15, 0.2) is 54.7 Å². The first-order valence-electron chi connectivity index (χ1n) is 8.77. The van der Waals surface area contributed by atoms with Crippen LogP contribution in [-0.4, -0.2) is 15.9 Å². The van der Waals surface area contributed by atoms with Crippen LogP contribution >= 0.6 is 0 Å². The van der Waals surface area contributed by atoms with Crippen LogP contribution in [0.2, 0.25) is 0 Å². The van der Waals surface area contributed by atoms with E-state index in [4.69, 9.17) is 0 Å². The summed E-state index contributed by atoms with van der Waals surface area (Å²) in [5, 5.41) is 5.57. The SMILES string of the molecule is O=C(N[C@H]1CCCc2c1[nH]c1ccccc21)c1ccc2[nH]ccc2c1. The van der Waals surface area contributed by atoms with Gasteiger partial charge in [0, 0.05) is 39.3 Å². The second-order valence-corrected chi connectivity index (χ2v) is 6.76. The van der Waals surface area contributed by atoms with Crippen LogP contribution in [0.5, 0.6) is 0 Å². The highest BCUT2D eigenvalue weighted by molar-refractivity contribution is 5.98. The minimum atomic E-state index is -0.0143. The van der Waals surface area contributed by atoms with E-state index in [1.165, 1.54) is 16.6 Å². The molecule has 3 N–H and O–H groups in total. The lowest BCUT2D eigenvalue weighted by Gasteiger charge is -2.24. The van der Waals surface area contributed by atoms with E-state index in [-0.39, 0.29) is 11.9 Å². The maximum Gasteiger partial charge on any atom is 0.251 e. The van der Waals surface area contributed by atoms with E-state index in [0.29, 0.717) is 5.56 Å². The van der Waals surface area contributed by atoms with Crippen LogP contribution in [0.1, 0.15) is 40.5 Å². The molecule has 1 amide bonds. The van der Waals surface area contributed by atoms with E-state index >= 15 is 0 Å². The number of fused-ring (bicyclic) bond motifs is 4. The number of amides is 1. The van der Waals surface area contributed by atoms with Gasteiger partial charge in [-0.05, 0) is 55.2 Å². The van der Waals surface area contributed by atoms with E-state index in [1.54, 1.807) is 0 Å². The van der Waals surface area contributed by atoms with Crippen molar-refractivity contribution in [1.29, 1.82) is 0 Å². The fourth-order valence-electron chi connectivity index (χ4n) is 4.00. The van der Waals surface area contributed by atoms with E-state index in [0.717, 1.165) is 35.7 Å². The maximum absolute atomic E-state index is 12.8. The molecule has 2 aromatic carbocycles. The third kappa shape index (κ3) is 2.33. The Morgan fingerprint density at radius 2 is 2.00 bits per heavy atom. The van der Waals surface area contributed by atoms with Crippen molar-refractivity contribution in [3.8, 4) is 0 Å². The molecule has 4 aromatic rings. The molecule has 25 heavy (non-hydrogen) atoms. The second kappa shape index (κ2) is 5.52. The number of para-hydroxylation sites is 1. The van der Waals surface area contributed by atoms with Gasteiger partial charge in [-0.1, -0.05) is 18.2 Å². The number of aromatic nitrogens is 2. The number of nitrogens with one attached hydrogen (secondary N) is 3. The molecule has 1 atom stereocenters. The molecule has 0 spiro atoms.